The van der Waals surface area contributed by atoms with Crippen molar-refractivity contribution >= 4 is 40.2 Å². The lowest BCUT2D eigenvalue weighted by Gasteiger charge is -2.29. The van der Waals surface area contributed by atoms with Crippen LogP contribution in [0, 0.1) is 30.6 Å². The van der Waals surface area contributed by atoms with Gasteiger partial charge in [-0.3, -0.25) is 23.9 Å². The Hall–Kier alpha value is -5.21. The highest BCUT2D eigenvalue weighted by Gasteiger charge is 2.72. The van der Waals surface area contributed by atoms with Crippen LogP contribution in [0.4, 0.5) is 19.0 Å². The summed E-state index contributed by atoms with van der Waals surface area (Å²) in [5.74, 6) is -1.24. The molecule has 7 rings (SSSR count). The van der Waals surface area contributed by atoms with E-state index in [-0.39, 0.29) is 48.6 Å². The van der Waals surface area contributed by atoms with Crippen LogP contribution in [0.5, 0.6) is 0 Å². The van der Waals surface area contributed by atoms with E-state index in [1.165, 1.54) is 24.8 Å². The van der Waals surface area contributed by atoms with Crippen molar-refractivity contribution in [3.05, 3.63) is 65.0 Å². The second kappa shape index (κ2) is 13.8. The van der Waals surface area contributed by atoms with Crippen molar-refractivity contribution < 1.29 is 32.3 Å². The van der Waals surface area contributed by atoms with Gasteiger partial charge in [0.25, 0.3) is 0 Å². The fourth-order valence-corrected chi connectivity index (χ4v) is 8.59. The summed E-state index contributed by atoms with van der Waals surface area (Å²) in [7, 11) is 0. The van der Waals surface area contributed by atoms with Gasteiger partial charge in [0.2, 0.25) is 17.7 Å². The van der Waals surface area contributed by atoms with Crippen molar-refractivity contribution in [2.24, 2.45) is 16.7 Å². The molecular formula is C40H45F3N8O4. The summed E-state index contributed by atoms with van der Waals surface area (Å²) >= 11 is 0. The maximum Gasteiger partial charge on any atom is 0.433 e. The summed E-state index contributed by atoms with van der Waals surface area (Å²) in [6, 6.07) is 4.45. The minimum Gasteiger partial charge on any atom is -0.355 e. The van der Waals surface area contributed by atoms with E-state index in [1.54, 1.807) is 24.0 Å². The van der Waals surface area contributed by atoms with Gasteiger partial charge < -0.3 is 15.5 Å². The molecule has 4 aromatic rings. The number of ketones is 1. The molecule has 15 heteroatoms. The highest BCUT2D eigenvalue weighted by molar-refractivity contribution is 6.07. The zero-order valence-corrected chi connectivity index (χ0v) is 31.8. The Balaban J connectivity index is 1.32. The molecule has 1 saturated heterocycles. The molecule has 0 spiro atoms. The van der Waals surface area contributed by atoms with E-state index in [0.717, 1.165) is 42.0 Å². The summed E-state index contributed by atoms with van der Waals surface area (Å²) < 4.78 is 42.3. The van der Waals surface area contributed by atoms with Gasteiger partial charge in [0.05, 0.1) is 5.52 Å². The molecule has 5 heterocycles. The molecule has 3 aliphatic rings. The number of pyridine rings is 1. The quantitative estimate of drug-likeness (QED) is 0.233. The van der Waals surface area contributed by atoms with Crippen LogP contribution in [0.1, 0.15) is 92.9 Å². The molecule has 2 fully saturated rings. The number of hydrogen-bond donors (Lipinski definition) is 2. The minimum atomic E-state index is -4.73. The number of anilines is 1. The largest absolute Gasteiger partial charge is 0.433 e. The Labute approximate surface area is 316 Å². The van der Waals surface area contributed by atoms with Gasteiger partial charge in [-0.2, -0.15) is 18.3 Å². The predicted molar refractivity (Wildman–Crippen MR) is 198 cm³/mol. The summed E-state index contributed by atoms with van der Waals surface area (Å²) in [5.41, 5.74) is 1.12. The topological polar surface area (TPSA) is 152 Å². The number of nitrogens with one attached hydrogen (secondary N) is 2. The van der Waals surface area contributed by atoms with Gasteiger partial charge in [-0.05, 0) is 80.3 Å². The molecule has 2 aliphatic heterocycles. The molecule has 1 aromatic carbocycles. The van der Waals surface area contributed by atoms with Crippen LogP contribution in [-0.2, 0) is 33.5 Å². The van der Waals surface area contributed by atoms with Crippen molar-refractivity contribution in [2.75, 3.05) is 11.9 Å². The number of halogens is 3. The third kappa shape index (κ3) is 6.97. The first-order chi connectivity index (χ1) is 25.9. The molecule has 4 atom stereocenters. The number of Topliss-reactive ketones (excluding diaryl/α,β-unsaturated/α-hetero) is 1. The predicted octanol–water partition coefficient (Wildman–Crippen LogP) is 6.23. The highest BCUT2D eigenvalue weighted by atomic mass is 19.4. The molecule has 1 aliphatic carbocycles. The lowest BCUT2D eigenvalue weighted by atomic mass is 9.85. The average molecular weight is 759 g/mol. The van der Waals surface area contributed by atoms with Gasteiger partial charge in [0, 0.05) is 53.7 Å². The van der Waals surface area contributed by atoms with Crippen LogP contribution in [-0.4, -0.2) is 71.8 Å². The zero-order valence-electron chi connectivity index (χ0n) is 31.8. The Morgan fingerprint density at radius 2 is 1.75 bits per heavy atom. The Bertz CT molecular complexity index is 2220. The van der Waals surface area contributed by atoms with Crippen molar-refractivity contribution in [3.63, 3.8) is 0 Å². The number of benzene rings is 1. The molecule has 1 saturated carbocycles. The Morgan fingerprint density at radius 1 is 1.02 bits per heavy atom. The number of nitrogens with zero attached hydrogens (tertiary/aromatic N) is 6. The molecule has 3 amide bonds. The number of carbonyl (C=O) groups is 4. The van der Waals surface area contributed by atoms with E-state index < -0.39 is 46.6 Å². The standard InChI is InChI=1S/C40H45F3N8O4/c1-21-11-12-30(40(41,42)43)47-35(21)48-36(54)29-16-39-20-46-37(55)38(5,6)13-9-7-8-10-25-14-26(27-17-44-24(4)45-18-27)15-28-32(23(3)52)49-50(33(25)28)19-31(53)51(29)34(39)22(39)2/h11-12,14-15,17-18,22,29,34H,7-10,13,16,19-20H2,1-6H3,(H,46,55)(H,47,48,54)/t22-,29-,34?,39+/m0/s1. The van der Waals surface area contributed by atoms with Crippen LogP contribution in [0.3, 0.4) is 0 Å². The maximum atomic E-state index is 14.7. The number of alkyl halides is 3. The molecule has 290 valence electrons. The molecule has 2 N–H and O–H groups in total. The van der Waals surface area contributed by atoms with Crippen molar-refractivity contribution in [2.45, 2.75) is 105 Å². The molecule has 12 nitrogen and oxygen atoms in total. The van der Waals surface area contributed by atoms with Crippen LogP contribution >= 0.6 is 0 Å². The molecular weight excluding hydrogens is 713 g/mol. The monoisotopic (exact) mass is 758 g/mol. The number of carbonyl (C=O) groups excluding carboxylic acids is 4. The number of hydrogen-bond acceptors (Lipinski definition) is 8. The van der Waals surface area contributed by atoms with Crippen molar-refractivity contribution in [1.29, 1.82) is 0 Å². The van der Waals surface area contributed by atoms with Gasteiger partial charge in [0.15, 0.2) is 5.78 Å². The number of aromatic nitrogens is 5. The third-order valence-corrected chi connectivity index (χ3v) is 11.9. The SMILES string of the molecule is CC(=O)c1nn2c3c(cc(-c4cnc(C)nc4)cc13)CCCCCC(C)(C)C(=O)NC[C@@]13C[C@@H](C(=O)Nc4nc(C(F)(F)F)ccc4C)N(C(=O)C2)C1[C@@H]3C. The maximum absolute atomic E-state index is 14.7. The fourth-order valence-electron chi connectivity index (χ4n) is 8.59. The zero-order chi connectivity index (χ0) is 39.6. The first kappa shape index (κ1) is 38.1. The number of amides is 3. The first-order valence-corrected chi connectivity index (χ1v) is 18.7. The summed E-state index contributed by atoms with van der Waals surface area (Å²) in [6.45, 7) is 10.5. The number of aryl methyl sites for hydroxylation is 3. The van der Waals surface area contributed by atoms with Gasteiger partial charge >= 0.3 is 6.18 Å². The second-order valence-electron chi connectivity index (χ2n) is 16.1. The van der Waals surface area contributed by atoms with E-state index in [9.17, 15) is 32.3 Å². The van der Waals surface area contributed by atoms with Crippen molar-refractivity contribution in [3.8, 4) is 11.1 Å². The van der Waals surface area contributed by atoms with Crippen molar-refractivity contribution in [1.82, 2.24) is 34.9 Å². The lowest BCUT2D eigenvalue weighted by molar-refractivity contribution is -0.141. The van der Waals surface area contributed by atoms with E-state index in [4.69, 9.17) is 5.10 Å². The van der Waals surface area contributed by atoms with Crippen LogP contribution in [0.25, 0.3) is 22.0 Å². The molecule has 55 heavy (non-hydrogen) atoms. The van der Waals surface area contributed by atoms with E-state index in [0.29, 0.717) is 35.1 Å². The summed E-state index contributed by atoms with van der Waals surface area (Å²) in [4.78, 5) is 69.4. The Morgan fingerprint density at radius 3 is 2.44 bits per heavy atom. The van der Waals surface area contributed by atoms with E-state index in [2.05, 4.69) is 25.6 Å². The molecule has 2 bridgehead atoms. The van der Waals surface area contributed by atoms with E-state index in [1.807, 2.05) is 32.9 Å². The highest BCUT2D eigenvalue weighted by Crippen LogP contribution is 2.64. The normalized spacial score (nSPS) is 24.2. The second-order valence-corrected chi connectivity index (χ2v) is 16.1. The van der Waals surface area contributed by atoms with Gasteiger partial charge in [-0.1, -0.05) is 39.7 Å². The van der Waals surface area contributed by atoms with Crippen LogP contribution in [0.2, 0.25) is 0 Å². The van der Waals surface area contributed by atoms with Crippen LogP contribution in [0.15, 0.2) is 36.7 Å². The smallest absolute Gasteiger partial charge is 0.355 e. The summed E-state index contributed by atoms with van der Waals surface area (Å²) in [6.07, 6.45) is 2.56. The molecule has 1 unspecified atom stereocenters. The van der Waals surface area contributed by atoms with E-state index >= 15 is 0 Å². The third-order valence-electron chi connectivity index (χ3n) is 11.9. The first-order valence-electron chi connectivity index (χ1n) is 18.7. The lowest BCUT2D eigenvalue weighted by Crippen LogP contribution is -2.47. The van der Waals surface area contributed by atoms with Gasteiger partial charge in [0.1, 0.15) is 35.6 Å². The minimum absolute atomic E-state index is 0.0896. The van der Waals surface area contributed by atoms with Crippen LogP contribution < -0.4 is 10.6 Å². The molecule has 3 aromatic heterocycles. The van der Waals surface area contributed by atoms with Gasteiger partial charge in [-0.25, -0.2) is 15.0 Å². The fraction of sp³-hybridized carbons (Fsp3) is 0.500. The Kier molecular flexibility index (Phi) is 9.57. The number of rotatable bonds is 4. The van der Waals surface area contributed by atoms with Gasteiger partial charge in [-0.15, -0.1) is 0 Å². The molecule has 0 radical (unpaired) electrons. The summed E-state index contributed by atoms with van der Waals surface area (Å²) in [5, 5.41) is 11.0. The number of piperidine rings is 1. The average Bonchev–Trinajstić information content (AvgIpc) is 3.38.